The van der Waals surface area contributed by atoms with Crippen LogP contribution < -0.4 is 10.9 Å². The van der Waals surface area contributed by atoms with Crippen molar-refractivity contribution >= 4 is 21.6 Å². The molecule has 0 saturated heterocycles. The van der Waals surface area contributed by atoms with E-state index in [1.54, 1.807) is 0 Å². The topological polar surface area (TPSA) is 57.8 Å². The third kappa shape index (κ3) is 2.20. The number of rotatable bonds is 3. The van der Waals surface area contributed by atoms with Crippen molar-refractivity contribution in [1.82, 2.24) is 15.3 Å². The van der Waals surface area contributed by atoms with Crippen molar-refractivity contribution in [3.05, 3.63) is 27.6 Å². The van der Waals surface area contributed by atoms with Crippen LogP contribution in [0.2, 0.25) is 0 Å². The molecule has 0 aromatic carbocycles. The summed E-state index contributed by atoms with van der Waals surface area (Å²) in [6.45, 7) is 2.89. The van der Waals surface area contributed by atoms with Crippen LogP contribution in [0.1, 0.15) is 38.4 Å². The molecule has 3 rings (SSSR count). The second-order valence-electron chi connectivity index (χ2n) is 5.27. The van der Waals surface area contributed by atoms with Crippen LogP contribution in [0, 0.1) is 0 Å². The van der Waals surface area contributed by atoms with Crippen LogP contribution in [0.5, 0.6) is 0 Å². The molecule has 2 aromatic heterocycles. The Morgan fingerprint density at radius 2 is 2.28 bits per heavy atom. The lowest BCUT2D eigenvalue weighted by molar-refractivity contribution is 0.358. The van der Waals surface area contributed by atoms with Crippen LogP contribution in [-0.2, 0) is 6.54 Å². The average molecular weight is 263 g/mol. The van der Waals surface area contributed by atoms with E-state index in [9.17, 15) is 4.79 Å². The van der Waals surface area contributed by atoms with E-state index in [4.69, 9.17) is 0 Å². The maximum atomic E-state index is 11.8. The summed E-state index contributed by atoms with van der Waals surface area (Å²) in [6.07, 6.45) is 4.99. The first kappa shape index (κ1) is 11.9. The van der Waals surface area contributed by atoms with Crippen molar-refractivity contribution < 1.29 is 0 Å². The first-order valence-corrected chi connectivity index (χ1v) is 7.26. The fourth-order valence-electron chi connectivity index (χ4n) is 2.63. The van der Waals surface area contributed by atoms with Crippen molar-refractivity contribution in [2.75, 3.05) is 0 Å². The molecule has 0 aliphatic heterocycles. The van der Waals surface area contributed by atoms with E-state index in [2.05, 4.69) is 22.2 Å². The minimum atomic E-state index is -0.0247. The van der Waals surface area contributed by atoms with Gasteiger partial charge in [-0.05, 0) is 31.2 Å². The Labute approximate surface area is 109 Å². The predicted octanol–water partition coefficient (Wildman–Crippen LogP) is 2.41. The molecular weight excluding hydrogens is 246 g/mol. The van der Waals surface area contributed by atoms with Crippen molar-refractivity contribution in [3.63, 3.8) is 0 Å². The number of H-pyrrole nitrogens is 1. The number of hydrogen-bond donors (Lipinski definition) is 2. The Hall–Kier alpha value is -1.20. The summed E-state index contributed by atoms with van der Waals surface area (Å²) in [5.74, 6) is 0.735. The van der Waals surface area contributed by atoms with Crippen molar-refractivity contribution in [3.8, 4) is 0 Å². The Balaban J connectivity index is 1.80. The van der Waals surface area contributed by atoms with E-state index in [1.807, 2.05) is 11.4 Å². The summed E-state index contributed by atoms with van der Waals surface area (Å²) >= 11 is 1.44. The largest absolute Gasteiger partial charge is 0.308 e. The quantitative estimate of drug-likeness (QED) is 0.894. The SMILES string of the molecule is CC1(NCc2nc3ccsc3c(=O)[nH]2)CCCC1. The lowest BCUT2D eigenvalue weighted by Crippen LogP contribution is -2.39. The molecule has 96 valence electrons. The Bertz CT molecular complexity index is 610. The van der Waals surface area contributed by atoms with Crippen LogP contribution in [0.4, 0.5) is 0 Å². The maximum absolute atomic E-state index is 11.8. The van der Waals surface area contributed by atoms with E-state index in [0.29, 0.717) is 11.2 Å². The van der Waals surface area contributed by atoms with E-state index in [-0.39, 0.29) is 11.1 Å². The van der Waals surface area contributed by atoms with Crippen LogP contribution in [0.3, 0.4) is 0 Å². The first-order chi connectivity index (χ1) is 8.66. The van der Waals surface area contributed by atoms with E-state index in [1.165, 1.54) is 37.0 Å². The average Bonchev–Trinajstić information content (AvgIpc) is 2.96. The van der Waals surface area contributed by atoms with Gasteiger partial charge in [-0.2, -0.15) is 0 Å². The molecule has 1 aliphatic carbocycles. The zero-order chi connectivity index (χ0) is 12.6. The van der Waals surface area contributed by atoms with Gasteiger partial charge in [0.25, 0.3) is 5.56 Å². The number of nitrogens with one attached hydrogen (secondary N) is 2. The summed E-state index contributed by atoms with van der Waals surface area (Å²) in [5, 5.41) is 5.43. The van der Waals surface area contributed by atoms with E-state index < -0.39 is 0 Å². The number of nitrogens with zero attached hydrogens (tertiary/aromatic N) is 1. The van der Waals surface area contributed by atoms with E-state index in [0.717, 1.165) is 11.3 Å². The summed E-state index contributed by atoms with van der Waals surface area (Å²) in [5.41, 5.74) is 0.989. The van der Waals surface area contributed by atoms with Crippen molar-refractivity contribution in [1.29, 1.82) is 0 Å². The molecule has 1 fully saturated rings. The first-order valence-electron chi connectivity index (χ1n) is 6.38. The molecule has 0 unspecified atom stereocenters. The number of fused-ring (bicyclic) bond motifs is 1. The third-order valence-electron chi connectivity index (χ3n) is 3.75. The molecule has 18 heavy (non-hydrogen) atoms. The lowest BCUT2D eigenvalue weighted by atomic mass is 10.0. The molecule has 5 heteroatoms. The summed E-state index contributed by atoms with van der Waals surface area (Å²) in [6, 6.07) is 1.90. The molecule has 2 N–H and O–H groups in total. The van der Waals surface area contributed by atoms with Crippen LogP contribution in [-0.4, -0.2) is 15.5 Å². The molecule has 0 spiro atoms. The normalized spacial score (nSPS) is 18.5. The van der Waals surface area contributed by atoms with Gasteiger partial charge in [-0.25, -0.2) is 4.98 Å². The summed E-state index contributed by atoms with van der Waals surface area (Å²) in [4.78, 5) is 19.2. The van der Waals surface area contributed by atoms with Gasteiger partial charge in [0, 0.05) is 5.54 Å². The second-order valence-corrected chi connectivity index (χ2v) is 6.19. The van der Waals surface area contributed by atoms with Gasteiger partial charge in [0.1, 0.15) is 10.5 Å². The summed E-state index contributed by atoms with van der Waals surface area (Å²) < 4.78 is 0.714. The highest BCUT2D eigenvalue weighted by Gasteiger charge is 2.27. The molecule has 0 atom stereocenters. The van der Waals surface area contributed by atoms with Gasteiger partial charge < -0.3 is 10.3 Å². The zero-order valence-corrected chi connectivity index (χ0v) is 11.3. The van der Waals surface area contributed by atoms with Crippen LogP contribution in [0.15, 0.2) is 16.2 Å². The number of hydrogen-bond acceptors (Lipinski definition) is 4. The second kappa shape index (κ2) is 4.48. The molecule has 1 saturated carbocycles. The van der Waals surface area contributed by atoms with Gasteiger partial charge in [0.05, 0.1) is 12.1 Å². The van der Waals surface area contributed by atoms with Crippen molar-refractivity contribution in [2.45, 2.75) is 44.7 Å². The molecule has 0 amide bonds. The summed E-state index contributed by atoms with van der Waals surface area (Å²) in [7, 11) is 0. The molecule has 0 radical (unpaired) electrons. The molecule has 4 nitrogen and oxygen atoms in total. The highest BCUT2D eigenvalue weighted by molar-refractivity contribution is 7.17. The van der Waals surface area contributed by atoms with Gasteiger partial charge in [-0.15, -0.1) is 11.3 Å². The predicted molar refractivity (Wildman–Crippen MR) is 74.0 cm³/mol. The van der Waals surface area contributed by atoms with Gasteiger partial charge in [-0.3, -0.25) is 4.79 Å². The maximum Gasteiger partial charge on any atom is 0.268 e. The highest BCUT2D eigenvalue weighted by Crippen LogP contribution is 2.29. The zero-order valence-electron chi connectivity index (χ0n) is 10.5. The number of thiophene rings is 1. The Kier molecular flexibility index (Phi) is 2.95. The monoisotopic (exact) mass is 263 g/mol. The number of aromatic amines is 1. The van der Waals surface area contributed by atoms with Crippen LogP contribution in [0.25, 0.3) is 10.2 Å². The molecule has 2 aromatic rings. The van der Waals surface area contributed by atoms with Gasteiger partial charge in [-0.1, -0.05) is 12.8 Å². The Morgan fingerprint density at radius 1 is 1.50 bits per heavy atom. The molecular formula is C13H17N3OS. The van der Waals surface area contributed by atoms with Crippen molar-refractivity contribution in [2.24, 2.45) is 0 Å². The number of aromatic nitrogens is 2. The smallest absolute Gasteiger partial charge is 0.268 e. The van der Waals surface area contributed by atoms with E-state index >= 15 is 0 Å². The lowest BCUT2D eigenvalue weighted by Gasteiger charge is -2.24. The van der Waals surface area contributed by atoms with Gasteiger partial charge >= 0.3 is 0 Å². The third-order valence-corrected chi connectivity index (χ3v) is 4.66. The fourth-order valence-corrected chi connectivity index (χ4v) is 3.36. The minimum absolute atomic E-state index is 0.0247. The minimum Gasteiger partial charge on any atom is -0.308 e. The fraction of sp³-hybridized carbons (Fsp3) is 0.538. The van der Waals surface area contributed by atoms with Gasteiger partial charge in [0.2, 0.25) is 0 Å². The molecule has 0 bridgehead atoms. The van der Waals surface area contributed by atoms with Crippen LogP contribution >= 0.6 is 11.3 Å². The Morgan fingerprint density at radius 3 is 3.06 bits per heavy atom. The standard InChI is InChI=1S/C13H17N3OS/c1-13(5-2-3-6-13)14-8-10-15-9-4-7-18-11(9)12(17)16-10/h4,7,14H,2-3,5-6,8H2,1H3,(H,15,16,17). The molecule has 2 heterocycles. The molecule has 1 aliphatic rings. The highest BCUT2D eigenvalue weighted by atomic mass is 32.1. The van der Waals surface area contributed by atoms with Gasteiger partial charge in [0.15, 0.2) is 0 Å².